The molecule has 0 spiro atoms. The molecule has 4 fully saturated rings. The molecule has 4 saturated heterocycles. The average Bonchev–Trinajstić information content (AvgIpc) is 2.34. The van der Waals surface area contributed by atoms with Crippen molar-refractivity contribution in [3.63, 3.8) is 0 Å². The summed E-state index contributed by atoms with van der Waals surface area (Å²) in [4.78, 5) is 17.6. The summed E-state index contributed by atoms with van der Waals surface area (Å²) in [5.74, 6) is 0.477. The van der Waals surface area contributed by atoms with Crippen LogP contribution in [0.5, 0.6) is 0 Å². The molecule has 0 unspecified atom stereocenters. The third-order valence-corrected chi connectivity index (χ3v) is 5.64. The Morgan fingerprint density at radius 2 is 1.65 bits per heavy atom. The fourth-order valence-corrected chi connectivity index (χ4v) is 5.10. The van der Waals surface area contributed by atoms with E-state index < -0.39 is 0 Å². The molecule has 0 atom stereocenters. The van der Waals surface area contributed by atoms with Crippen molar-refractivity contribution in [3.05, 3.63) is 34.3 Å². The van der Waals surface area contributed by atoms with E-state index in [4.69, 9.17) is 0 Å². The predicted molar refractivity (Wildman–Crippen MR) is 81.3 cm³/mol. The zero-order valence-corrected chi connectivity index (χ0v) is 13.5. The molecule has 106 valence electrons. The standard InChI is InChI=1S/C16H19BrN2O/c1-15-7-18-9-16(2,14(15)20)10-19(8-15)13(18)11-4-3-5-12(17)6-11/h3-6,13H,7-10H2,1-2H3. The van der Waals surface area contributed by atoms with Crippen LogP contribution in [0.25, 0.3) is 0 Å². The van der Waals surface area contributed by atoms with Crippen molar-refractivity contribution in [1.29, 1.82) is 0 Å². The second-order valence-electron chi connectivity index (χ2n) is 7.19. The van der Waals surface area contributed by atoms with Crippen LogP contribution < -0.4 is 0 Å². The van der Waals surface area contributed by atoms with Crippen molar-refractivity contribution in [1.82, 2.24) is 9.80 Å². The van der Waals surface area contributed by atoms with E-state index in [0.29, 0.717) is 11.9 Å². The van der Waals surface area contributed by atoms with E-state index in [1.165, 1.54) is 5.56 Å². The van der Waals surface area contributed by atoms with Crippen LogP contribution in [-0.2, 0) is 4.79 Å². The summed E-state index contributed by atoms with van der Waals surface area (Å²) in [6, 6.07) is 8.57. The smallest absolute Gasteiger partial charge is 0.149 e. The zero-order chi connectivity index (χ0) is 14.1. The van der Waals surface area contributed by atoms with Gasteiger partial charge in [0.25, 0.3) is 0 Å². The van der Waals surface area contributed by atoms with E-state index in [0.717, 1.165) is 30.7 Å². The van der Waals surface area contributed by atoms with Crippen LogP contribution >= 0.6 is 15.9 Å². The lowest BCUT2D eigenvalue weighted by Crippen LogP contribution is -2.75. The van der Waals surface area contributed by atoms with Crippen LogP contribution in [-0.4, -0.2) is 41.8 Å². The number of carbonyl (C=O) groups excluding carboxylic acids is 1. The maximum absolute atomic E-state index is 12.7. The van der Waals surface area contributed by atoms with E-state index >= 15 is 0 Å². The van der Waals surface area contributed by atoms with Gasteiger partial charge in [0.2, 0.25) is 0 Å². The Hall–Kier alpha value is -0.710. The molecule has 1 aromatic rings. The number of nitrogens with zero attached hydrogens (tertiary/aromatic N) is 2. The third-order valence-electron chi connectivity index (χ3n) is 5.14. The van der Waals surface area contributed by atoms with Crippen LogP contribution in [0.1, 0.15) is 25.6 Å². The first-order valence-electron chi connectivity index (χ1n) is 7.20. The Kier molecular flexibility index (Phi) is 2.55. The Morgan fingerprint density at radius 3 is 2.15 bits per heavy atom. The molecule has 0 saturated carbocycles. The first kappa shape index (κ1) is 13.0. The highest BCUT2D eigenvalue weighted by molar-refractivity contribution is 9.10. The zero-order valence-electron chi connectivity index (χ0n) is 11.9. The molecule has 3 nitrogen and oxygen atoms in total. The molecule has 0 aromatic heterocycles. The van der Waals surface area contributed by atoms with Crippen molar-refractivity contribution in [2.24, 2.45) is 10.8 Å². The predicted octanol–water partition coefficient (Wildman–Crippen LogP) is 2.67. The average molecular weight is 335 g/mol. The molecule has 4 heterocycles. The molecule has 4 aliphatic heterocycles. The third kappa shape index (κ3) is 1.62. The van der Waals surface area contributed by atoms with Crippen molar-refractivity contribution in [3.8, 4) is 0 Å². The van der Waals surface area contributed by atoms with Crippen LogP contribution in [0.2, 0.25) is 0 Å². The van der Waals surface area contributed by atoms with Gasteiger partial charge in [-0.2, -0.15) is 0 Å². The van der Waals surface area contributed by atoms with Crippen molar-refractivity contribution in [2.45, 2.75) is 20.0 Å². The van der Waals surface area contributed by atoms with Crippen LogP contribution in [0, 0.1) is 10.8 Å². The van der Waals surface area contributed by atoms with E-state index in [2.05, 4.69) is 63.8 Å². The van der Waals surface area contributed by atoms with Crippen molar-refractivity contribution in [2.75, 3.05) is 26.2 Å². The summed E-state index contributed by atoms with van der Waals surface area (Å²) >= 11 is 3.57. The van der Waals surface area contributed by atoms with Gasteiger partial charge in [0.1, 0.15) is 5.78 Å². The monoisotopic (exact) mass is 334 g/mol. The lowest BCUT2D eigenvalue weighted by molar-refractivity contribution is -0.197. The summed E-state index contributed by atoms with van der Waals surface area (Å²) in [6.45, 7) is 7.88. The number of hydrogen-bond acceptors (Lipinski definition) is 3. The number of Topliss-reactive ketones (excluding diaryl/α,β-unsaturated/α-hetero) is 1. The van der Waals surface area contributed by atoms with E-state index in [-0.39, 0.29) is 10.8 Å². The minimum Gasteiger partial charge on any atom is -0.298 e. The summed E-state index contributed by atoms with van der Waals surface area (Å²) in [7, 11) is 0. The lowest BCUT2D eigenvalue weighted by atomic mass is 9.62. The van der Waals surface area contributed by atoms with Gasteiger partial charge in [-0.3, -0.25) is 14.6 Å². The highest BCUT2D eigenvalue weighted by Crippen LogP contribution is 2.51. The van der Waals surface area contributed by atoms with E-state index in [9.17, 15) is 4.79 Å². The quantitative estimate of drug-likeness (QED) is 0.788. The van der Waals surface area contributed by atoms with E-state index in [1.807, 2.05) is 0 Å². The molecule has 20 heavy (non-hydrogen) atoms. The van der Waals surface area contributed by atoms with E-state index in [1.54, 1.807) is 0 Å². The molecule has 1 aromatic carbocycles. The van der Waals surface area contributed by atoms with Gasteiger partial charge in [-0.1, -0.05) is 41.9 Å². The Morgan fingerprint density at radius 1 is 1.10 bits per heavy atom. The number of ketones is 1. The number of hydrogen-bond donors (Lipinski definition) is 0. The molecular weight excluding hydrogens is 316 g/mol. The van der Waals surface area contributed by atoms with Crippen LogP contribution in [0.15, 0.2) is 28.7 Å². The maximum atomic E-state index is 12.7. The SMILES string of the molecule is CC12CN3CC(C)(CN(C1)C3c1cccc(Br)c1)C2=O. The fourth-order valence-electron chi connectivity index (χ4n) is 4.69. The summed E-state index contributed by atoms with van der Waals surface area (Å²) in [5.41, 5.74) is 0.986. The van der Waals surface area contributed by atoms with Crippen LogP contribution in [0.4, 0.5) is 0 Å². The minimum atomic E-state index is -0.173. The minimum absolute atomic E-state index is 0.173. The van der Waals surface area contributed by atoms with Gasteiger partial charge in [0, 0.05) is 30.7 Å². The van der Waals surface area contributed by atoms with Gasteiger partial charge in [-0.05, 0) is 17.7 Å². The molecule has 0 aliphatic carbocycles. The number of benzene rings is 1. The molecule has 0 N–H and O–H groups in total. The molecule has 5 rings (SSSR count). The number of rotatable bonds is 1. The second-order valence-corrected chi connectivity index (χ2v) is 8.10. The van der Waals surface area contributed by atoms with Gasteiger partial charge in [0.15, 0.2) is 0 Å². The molecule has 0 amide bonds. The normalized spacial score (nSPS) is 46.0. The van der Waals surface area contributed by atoms with Gasteiger partial charge in [-0.25, -0.2) is 0 Å². The molecule has 4 bridgehead atoms. The maximum Gasteiger partial charge on any atom is 0.149 e. The first-order valence-corrected chi connectivity index (χ1v) is 7.99. The van der Waals surface area contributed by atoms with Gasteiger partial charge in [-0.15, -0.1) is 0 Å². The molecule has 4 aliphatic rings. The Balaban J connectivity index is 1.76. The highest BCUT2D eigenvalue weighted by Gasteiger charge is 2.61. The van der Waals surface area contributed by atoms with Gasteiger partial charge >= 0.3 is 0 Å². The van der Waals surface area contributed by atoms with Crippen LogP contribution in [0.3, 0.4) is 0 Å². The van der Waals surface area contributed by atoms with Gasteiger partial charge < -0.3 is 0 Å². The topological polar surface area (TPSA) is 23.6 Å². The molecule has 4 heteroatoms. The summed E-state index contributed by atoms with van der Waals surface area (Å²) < 4.78 is 1.12. The second kappa shape index (κ2) is 3.93. The Labute approximate surface area is 128 Å². The largest absolute Gasteiger partial charge is 0.298 e. The molecule has 0 radical (unpaired) electrons. The van der Waals surface area contributed by atoms with Gasteiger partial charge in [0.05, 0.1) is 17.0 Å². The highest BCUT2D eigenvalue weighted by atomic mass is 79.9. The molecular formula is C16H19BrN2O. The lowest BCUT2D eigenvalue weighted by Gasteiger charge is -2.64. The number of carbonyl (C=O) groups is 1. The first-order chi connectivity index (χ1) is 9.41. The van der Waals surface area contributed by atoms with Crippen molar-refractivity contribution >= 4 is 21.7 Å². The Bertz CT molecular complexity index is 560. The van der Waals surface area contributed by atoms with Crippen molar-refractivity contribution < 1.29 is 4.79 Å². The fraction of sp³-hybridized carbons (Fsp3) is 0.562. The summed E-state index contributed by atoms with van der Waals surface area (Å²) in [6.07, 6.45) is 0.335. The summed E-state index contributed by atoms with van der Waals surface area (Å²) in [5, 5.41) is 0. The number of halogens is 1. The number of piperidine rings is 2.